The molecule has 0 aliphatic rings. The molecule has 0 atom stereocenters. The maximum absolute atomic E-state index is 12.6. The molecule has 2 N–H and O–H groups in total. The molecule has 1 aromatic rings. The number of nitrogen functional groups attached to an aromatic ring is 1. The van der Waals surface area contributed by atoms with Gasteiger partial charge in [-0.15, -0.1) is 0 Å². The second-order valence-corrected chi connectivity index (χ2v) is 2.37. The van der Waals surface area contributed by atoms with Crippen molar-refractivity contribution in [2.24, 2.45) is 0 Å². The molecular formula is C7H4ClFN2. The van der Waals surface area contributed by atoms with Gasteiger partial charge in [0.25, 0.3) is 0 Å². The summed E-state index contributed by atoms with van der Waals surface area (Å²) in [6.45, 7) is 0. The van der Waals surface area contributed by atoms with E-state index < -0.39 is 5.82 Å². The Bertz CT molecular complexity index is 330. The van der Waals surface area contributed by atoms with Crippen LogP contribution >= 0.6 is 11.6 Å². The number of rotatable bonds is 0. The van der Waals surface area contributed by atoms with E-state index in [1.165, 1.54) is 6.07 Å². The van der Waals surface area contributed by atoms with Crippen LogP contribution in [0.25, 0.3) is 0 Å². The molecule has 2 nitrogen and oxygen atoms in total. The molecule has 0 unspecified atom stereocenters. The van der Waals surface area contributed by atoms with Crippen molar-refractivity contribution in [1.82, 2.24) is 0 Å². The Balaban J connectivity index is 3.35. The topological polar surface area (TPSA) is 49.8 Å². The van der Waals surface area contributed by atoms with Gasteiger partial charge in [0.05, 0.1) is 16.3 Å². The first-order valence-corrected chi connectivity index (χ1v) is 3.17. The standard InChI is InChI=1S/C7H4ClFN2/c8-5-2-6(9)7(11)1-4(5)3-10/h1-2H,11H2. The van der Waals surface area contributed by atoms with E-state index in [1.54, 1.807) is 6.07 Å². The highest BCUT2D eigenvalue weighted by atomic mass is 35.5. The lowest BCUT2D eigenvalue weighted by atomic mass is 10.2. The molecule has 56 valence electrons. The highest BCUT2D eigenvalue weighted by Gasteiger charge is 2.04. The molecule has 1 aromatic carbocycles. The highest BCUT2D eigenvalue weighted by molar-refractivity contribution is 6.31. The zero-order valence-corrected chi connectivity index (χ0v) is 6.19. The van der Waals surface area contributed by atoms with Crippen molar-refractivity contribution in [2.75, 3.05) is 5.73 Å². The summed E-state index contributed by atoms with van der Waals surface area (Å²) in [5.41, 5.74) is 5.30. The fraction of sp³-hybridized carbons (Fsp3) is 0. The van der Waals surface area contributed by atoms with Crippen molar-refractivity contribution in [3.8, 4) is 6.07 Å². The molecule has 1 rings (SSSR count). The second kappa shape index (κ2) is 2.77. The summed E-state index contributed by atoms with van der Waals surface area (Å²) in [7, 11) is 0. The van der Waals surface area contributed by atoms with Gasteiger partial charge in [0.1, 0.15) is 11.9 Å². The third-order valence-corrected chi connectivity index (χ3v) is 1.52. The molecule has 4 heteroatoms. The largest absolute Gasteiger partial charge is 0.396 e. The summed E-state index contributed by atoms with van der Waals surface area (Å²) in [4.78, 5) is 0. The van der Waals surface area contributed by atoms with Crippen LogP contribution in [-0.4, -0.2) is 0 Å². The van der Waals surface area contributed by atoms with E-state index >= 15 is 0 Å². The van der Waals surface area contributed by atoms with Crippen LogP contribution in [0.1, 0.15) is 5.56 Å². The predicted octanol–water partition coefficient (Wildman–Crippen LogP) is 1.93. The number of nitrogens with two attached hydrogens (primary N) is 1. The van der Waals surface area contributed by atoms with Gasteiger partial charge in [0.2, 0.25) is 0 Å². The number of hydrogen-bond acceptors (Lipinski definition) is 2. The van der Waals surface area contributed by atoms with Crippen molar-refractivity contribution >= 4 is 17.3 Å². The SMILES string of the molecule is N#Cc1cc(N)c(F)cc1Cl. The average molecular weight is 171 g/mol. The molecule has 0 saturated heterocycles. The molecule has 11 heavy (non-hydrogen) atoms. The van der Waals surface area contributed by atoms with Gasteiger partial charge in [-0.2, -0.15) is 5.26 Å². The number of nitrogens with zero attached hydrogens (tertiary/aromatic N) is 1. The minimum Gasteiger partial charge on any atom is -0.396 e. The second-order valence-electron chi connectivity index (χ2n) is 1.97. The minimum absolute atomic E-state index is 0.0639. The molecule has 0 aliphatic heterocycles. The summed E-state index contributed by atoms with van der Waals surface area (Å²) in [5.74, 6) is -0.603. The third kappa shape index (κ3) is 1.41. The Morgan fingerprint density at radius 3 is 2.73 bits per heavy atom. The minimum atomic E-state index is -0.603. The molecule has 0 bridgehead atoms. The van der Waals surface area contributed by atoms with Crippen LogP contribution in [0.4, 0.5) is 10.1 Å². The van der Waals surface area contributed by atoms with E-state index in [4.69, 9.17) is 22.6 Å². The maximum Gasteiger partial charge on any atom is 0.147 e. The third-order valence-electron chi connectivity index (χ3n) is 1.21. The normalized spacial score (nSPS) is 9.18. The van der Waals surface area contributed by atoms with E-state index in [0.29, 0.717) is 0 Å². The van der Waals surface area contributed by atoms with Crippen LogP contribution in [0.2, 0.25) is 5.02 Å². The van der Waals surface area contributed by atoms with Gasteiger partial charge >= 0.3 is 0 Å². The molecule has 0 spiro atoms. The molecule has 0 amide bonds. The van der Waals surface area contributed by atoms with Crippen LogP contribution in [-0.2, 0) is 0 Å². The van der Waals surface area contributed by atoms with E-state index in [2.05, 4.69) is 0 Å². The zero-order chi connectivity index (χ0) is 8.43. The summed E-state index contributed by atoms with van der Waals surface area (Å²) < 4.78 is 12.6. The Morgan fingerprint density at radius 2 is 2.18 bits per heavy atom. The quantitative estimate of drug-likeness (QED) is 0.605. The highest BCUT2D eigenvalue weighted by Crippen LogP contribution is 2.20. The van der Waals surface area contributed by atoms with E-state index in [1.807, 2.05) is 0 Å². The van der Waals surface area contributed by atoms with Gasteiger partial charge in [-0.3, -0.25) is 0 Å². The van der Waals surface area contributed by atoms with Crippen LogP contribution in [0.5, 0.6) is 0 Å². The number of halogens is 2. The van der Waals surface area contributed by atoms with Crippen LogP contribution in [0, 0.1) is 17.1 Å². The van der Waals surface area contributed by atoms with E-state index in [9.17, 15) is 4.39 Å². The molecule has 0 aromatic heterocycles. The number of anilines is 1. The first kappa shape index (κ1) is 7.83. The lowest BCUT2D eigenvalue weighted by molar-refractivity contribution is 0.632. The smallest absolute Gasteiger partial charge is 0.147 e. The predicted molar refractivity (Wildman–Crippen MR) is 40.5 cm³/mol. The van der Waals surface area contributed by atoms with E-state index in [-0.39, 0.29) is 16.3 Å². The number of nitriles is 1. The van der Waals surface area contributed by atoms with Crippen molar-refractivity contribution < 1.29 is 4.39 Å². The summed E-state index contributed by atoms with van der Waals surface area (Å²) >= 11 is 5.48. The van der Waals surface area contributed by atoms with Crippen molar-refractivity contribution in [3.05, 3.63) is 28.5 Å². The van der Waals surface area contributed by atoms with Crippen LogP contribution in [0.15, 0.2) is 12.1 Å². The Kier molecular flexibility index (Phi) is 1.97. The van der Waals surface area contributed by atoms with Gasteiger partial charge in [-0.1, -0.05) is 11.6 Å². The van der Waals surface area contributed by atoms with Crippen LogP contribution in [0.3, 0.4) is 0 Å². The fourth-order valence-electron chi connectivity index (χ4n) is 0.651. The molecule has 0 fully saturated rings. The summed E-state index contributed by atoms with van der Waals surface area (Å²) in [6, 6.07) is 4.01. The lowest BCUT2D eigenvalue weighted by Crippen LogP contribution is -1.91. The van der Waals surface area contributed by atoms with Crippen molar-refractivity contribution in [1.29, 1.82) is 5.26 Å². The van der Waals surface area contributed by atoms with Gasteiger partial charge < -0.3 is 5.73 Å². The maximum atomic E-state index is 12.6. The van der Waals surface area contributed by atoms with E-state index in [0.717, 1.165) is 6.07 Å². The monoisotopic (exact) mass is 170 g/mol. The Morgan fingerprint density at radius 1 is 1.55 bits per heavy atom. The number of benzene rings is 1. The first-order valence-electron chi connectivity index (χ1n) is 2.79. The number of hydrogen-bond donors (Lipinski definition) is 1. The van der Waals surface area contributed by atoms with Crippen LogP contribution < -0.4 is 5.73 Å². The molecule has 0 aliphatic carbocycles. The van der Waals surface area contributed by atoms with Gasteiger partial charge in [0, 0.05) is 0 Å². The van der Waals surface area contributed by atoms with Crippen molar-refractivity contribution in [2.45, 2.75) is 0 Å². The van der Waals surface area contributed by atoms with Gasteiger partial charge in [-0.05, 0) is 12.1 Å². The zero-order valence-electron chi connectivity index (χ0n) is 5.44. The molecule has 0 saturated carbocycles. The van der Waals surface area contributed by atoms with Gasteiger partial charge in [0.15, 0.2) is 0 Å². The van der Waals surface area contributed by atoms with Gasteiger partial charge in [-0.25, -0.2) is 4.39 Å². The summed E-state index contributed by atoms with van der Waals surface area (Å²) in [5, 5.41) is 8.50. The molecule has 0 radical (unpaired) electrons. The summed E-state index contributed by atoms with van der Waals surface area (Å²) in [6.07, 6.45) is 0. The molecular weight excluding hydrogens is 167 g/mol. The Labute approximate surface area is 68.0 Å². The first-order chi connectivity index (χ1) is 5.15. The molecule has 0 heterocycles. The van der Waals surface area contributed by atoms with Crippen molar-refractivity contribution in [3.63, 3.8) is 0 Å². The lowest BCUT2D eigenvalue weighted by Gasteiger charge is -1.97. The Hall–Kier alpha value is -1.27. The average Bonchev–Trinajstić information content (AvgIpc) is 1.97. The fourth-order valence-corrected chi connectivity index (χ4v) is 0.844.